The van der Waals surface area contributed by atoms with Gasteiger partial charge in [0.2, 0.25) is 0 Å². The van der Waals surface area contributed by atoms with E-state index in [0.29, 0.717) is 5.92 Å². The Kier molecular flexibility index (Phi) is 4.98. The van der Waals surface area contributed by atoms with Gasteiger partial charge in [-0.25, -0.2) is 4.39 Å². The molecule has 1 aromatic rings. The van der Waals surface area contributed by atoms with Crippen LogP contribution in [0.1, 0.15) is 50.0 Å². The maximum absolute atomic E-state index is 12.9. The fraction of sp³-hybridized carbons (Fsp3) is 0.471. The number of hydrogen-bond acceptors (Lipinski definition) is 0. The molecular weight excluding hydrogens is 223 g/mol. The van der Waals surface area contributed by atoms with Crippen molar-refractivity contribution in [2.45, 2.75) is 44.4 Å². The van der Waals surface area contributed by atoms with Crippen molar-refractivity contribution in [2.24, 2.45) is 5.92 Å². The summed E-state index contributed by atoms with van der Waals surface area (Å²) < 4.78 is 12.9. The number of halogens is 1. The third-order valence-electron chi connectivity index (χ3n) is 3.93. The van der Waals surface area contributed by atoms with Gasteiger partial charge in [0.15, 0.2) is 0 Å². The predicted octanol–water partition coefficient (Wildman–Crippen LogP) is 5.27. The second-order valence-electron chi connectivity index (χ2n) is 5.28. The molecule has 1 aromatic carbocycles. The van der Waals surface area contributed by atoms with Crippen molar-refractivity contribution in [2.75, 3.05) is 0 Å². The maximum Gasteiger partial charge on any atom is 0.123 e. The molecule has 1 heteroatoms. The highest BCUT2D eigenvalue weighted by Crippen LogP contribution is 2.37. The van der Waals surface area contributed by atoms with Gasteiger partial charge >= 0.3 is 0 Å². The topological polar surface area (TPSA) is 0 Å². The van der Waals surface area contributed by atoms with E-state index < -0.39 is 0 Å². The van der Waals surface area contributed by atoms with Crippen molar-refractivity contribution in [3.05, 3.63) is 54.7 Å². The lowest BCUT2D eigenvalue weighted by Gasteiger charge is -2.29. The van der Waals surface area contributed by atoms with Gasteiger partial charge in [0, 0.05) is 0 Å². The molecule has 1 saturated carbocycles. The minimum Gasteiger partial charge on any atom is -0.207 e. The second kappa shape index (κ2) is 6.72. The molecule has 18 heavy (non-hydrogen) atoms. The van der Waals surface area contributed by atoms with E-state index in [1.165, 1.54) is 37.7 Å². The van der Waals surface area contributed by atoms with E-state index in [0.717, 1.165) is 12.3 Å². The Labute approximate surface area is 110 Å². The highest BCUT2D eigenvalue weighted by atomic mass is 19.1. The zero-order valence-corrected chi connectivity index (χ0v) is 10.9. The van der Waals surface area contributed by atoms with Gasteiger partial charge in [0.05, 0.1) is 0 Å². The molecule has 0 amide bonds. The van der Waals surface area contributed by atoms with E-state index in [9.17, 15) is 4.39 Å². The van der Waals surface area contributed by atoms with Crippen LogP contribution in [-0.4, -0.2) is 0 Å². The van der Waals surface area contributed by atoms with Gasteiger partial charge in [-0.1, -0.05) is 18.2 Å². The number of rotatable bonds is 5. The summed E-state index contributed by atoms with van der Waals surface area (Å²) in [7, 11) is 0. The lowest BCUT2D eigenvalue weighted by molar-refractivity contribution is 0.372. The summed E-state index contributed by atoms with van der Waals surface area (Å²) in [5, 5.41) is 0. The van der Waals surface area contributed by atoms with Crippen molar-refractivity contribution in [1.29, 1.82) is 0 Å². The molecule has 0 nitrogen and oxygen atoms in total. The normalized spacial score (nSPS) is 23.8. The smallest absolute Gasteiger partial charge is 0.123 e. The SMILES string of the molecule is C=CCCCC1[CH]CCC(c2ccc(F)cc2)C1. The molecule has 0 heterocycles. The van der Waals surface area contributed by atoms with Gasteiger partial charge in [-0.3, -0.25) is 0 Å². The van der Waals surface area contributed by atoms with E-state index in [1.54, 1.807) is 12.1 Å². The minimum atomic E-state index is -0.136. The van der Waals surface area contributed by atoms with Crippen molar-refractivity contribution < 1.29 is 4.39 Å². The van der Waals surface area contributed by atoms with Crippen LogP contribution in [0.2, 0.25) is 0 Å². The molecule has 0 aliphatic heterocycles. The highest BCUT2D eigenvalue weighted by molar-refractivity contribution is 5.21. The van der Waals surface area contributed by atoms with Crippen molar-refractivity contribution in [1.82, 2.24) is 0 Å². The first-order valence-electron chi connectivity index (χ1n) is 6.99. The molecule has 0 aromatic heterocycles. The highest BCUT2D eigenvalue weighted by Gasteiger charge is 2.22. The van der Waals surface area contributed by atoms with E-state index in [2.05, 4.69) is 13.0 Å². The summed E-state index contributed by atoms with van der Waals surface area (Å²) in [5.74, 6) is 1.21. The molecule has 0 saturated heterocycles. The first-order valence-corrected chi connectivity index (χ1v) is 6.99. The number of allylic oxidation sites excluding steroid dienone is 1. The van der Waals surface area contributed by atoms with E-state index in [1.807, 2.05) is 18.2 Å². The standard InChI is InChI=1S/C17H22F/c1-2-3-4-6-14-7-5-8-16(13-14)15-9-11-17(18)12-10-15/h2,7,9-12,14,16H,1,3-6,8,13H2. The lowest BCUT2D eigenvalue weighted by Crippen LogP contribution is -2.15. The van der Waals surface area contributed by atoms with E-state index in [-0.39, 0.29) is 5.82 Å². The van der Waals surface area contributed by atoms with Crippen molar-refractivity contribution in [3.8, 4) is 0 Å². The zero-order valence-electron chi connectivity index (χ0n) is 10.9. The molecular formula is C17H22F. The van der Waals surface area contributed by atoms with Crippen molar-refractivity contribution in [3.63, 3.8) is 0 Å². The van der Waals surface area contributed by atoms with Gasteiger partial charge < -0.3 is 0 Å². The minimum absolute atomic E-state index is 0.136. The van der Waals surface area contributed by atoms with E-state index >= 15 is 0 Å². The molecule has 1 aliphatic carbocycles. The molecule has 97 valence electrons. The molecule has 2 atom stereocenters. The number of hydrogen-bond donors (Lipinski definition) is 0. The summed E-state index contributed by atoms with van der Waals surface area (Å²) >= 11 is 0. The Morgan fingerprint density at radius 2 is 2.06 bits per heavy atom. The Morgan fingerprint density at radius 3 is 2.78 bits per heavy atom. The maximum atomic E-state index is 12.9. The van der Waals surface area contributed by atoms with Gasteiger partial charge in [0.1, 0.15) is 5.82 Å². The van der Waals surface area contributed by atoms with Gasteiger partial charge in [-0.05, 0) is 74.5 Å². The van der Waals surface area contributed by atoms with Gasteiger partial charge in [0.25, 0.3) is 0 Å². The Balaban J connectivity index is 1.89. The van der Waals surface area contributed by atoms with Gasteiger partial charge in [-0.15, -0.1) is 6.58 Å². The lowest BCUT2D eigenvalue weighted by atomic mass is 9.76. The van der Waals surface area contributed by atoms with Crippen LogP contribution in [0.5, 0.6) is 0 Å². The zero-order chi connectivity index (χ0) is 12.8. The molecule has 2 rings (SSSR count). The summed E-state index contributed by atoms with van der Waals surface area (Å²) in [5.41, 5.74) is 1.30. The number of benzene rings is 1. The van der Waals surface area contributed by atoms with Crippen LogP contribution in [0.15, 0.2) is 36.9 Å². The first-order chi connectivity index (χ1) is 8.79. The Hall–Kier alpha value is -1.11. The quantitative estimate of drug-likeness (QED) is 0.489. The first kappa shape index (κ1) is 13.3. The monoisotopic (exact) mass is 245 g/mol. The molecule has 1 aliphatic rings. The average molecular weight is 245 g/mol. The molecule has 1 fully saturated rings. The van der Waals surface area contributed by atoms with Crippen LogP contribution < -0.4 is 0 Å². The summed E-state index contributed by atoms with van der Waals surface area (Å²) in [6.07, 6.45) is 11.7. The van der Waals surface area contributed by atoms with E-state index in [4.69, 9.17) is 0 Å². The Morgan fingerprint density at radius 1 is 1.28 bits per heavy atom. The molecule has 0 N–H and O–H groups in total. The number of unbranched alkanes of at least 4 members (excludes halogenated alkanes) is 1. The third-order valence-corrected chi connectivity index (χ3v) is 3.93. The molecule has 0 spiro atoms. The summed E-state index contributed by atoms with van der Waals surface area (Å²) in [4.78, 5) is 0. The summed E-state index contributed by atoms with van der Waals surface area (Å²) in [6, 6.07) is 7.07. The third kappa shape index (κ3) is 3.69. The molecule has 1 radical (unpaired) electrons. The fourth-order valence-electron chi connectivity index (χ4n) is 2.91. The van der Waals surface area contributed by atoms with Crippen LogP contribution in [-0.2, 0) is 0 Å². The van der Waals surface area contributed by atoms with Crippen LogP contribution in [0.4, 0.5) is 4.39 Å². The van der Waals surface area contributed by atoms with Crippen LogP contribution >= 0.6 is 0 Å². The summed E-state index contributed by atoms with van der Waals surface area (Å²) in [6.45, 7) is 3.77. The van der Waals surface area contributed by atoms with Crippen LogP contribution in [0.25, 0.3) is 0 Å². The van der Waals surface area contributed by atoms with Crippen LogP contribution in [0, 0.1) is 18.2 Å². The largest absolute Gasteiger partial charge is 0.207 e. The van der Waals surface area contributed by atoms with Crippen LogP contribution in [0.3, 0.4) is 0 Å². The second-order valence-corrected chi connectivity index (χ2v) is 5.28. The molecule has 0 bridgehead atoms. The van der Waals surface area contributed by atoms with Crippen molar-refractivity contribution >= 4 is 0 Å². The predicted molar refractivity (Wildman–Crippen MR) is 74.8 cm³/mol. The fourth-order valence-corrected chi connectivity index (χ4v) is 2.91. The molecule has 2 unspecified atom stereocenters. The Bertz CT molecular complexity index is 366. The average Bonchev–Trinajstić information content (AvgIpc) is 2.40. The van der Waals surface area contributed by atoms with Gasteiger partial charge in [-0.2, -0.15) is 0 Å².